The average Bonchev–Trinajstić information content (AvgIpc) is 2.62. The van der Waals surface area contributed by atoms with E-state index in [1.807, 2.05) is 0 Å². The number of ether oxygens (including phenoxy) is 1. The lowest BCUT2D eigenvalue weighted by Gasteiger charge is -2.38. The van der Waals surface area contributed by atoms with Gasteiger partial charge in [-0.05, 0) is 43.8 Å². The van der Waals surface area contributed by atoms with Gasteiger partial charge in [0.05, 0.1) is 0 Å². The van der Waals surface area contributed by atoms with Gasteiger partial charge in [0, 0.05) is 0 Å². The topological polar surface area (TPSA) is 9.23 Å². The summed E-state index contributed by atoms with van der Waals surface area (Å²) in [5.41, 5.74) is 5.21. The van der Waals surface area contributed by atoms with Gasteiger partial charge in [0.15, 0.2) is 0 Å². The highest BCUT2D eigenvalue weighted by molar-refractivity contribution is 5.96. The van der Waals surface area contributed by atoms with E-state index in [4.69, 9.17) is 4.74 Å². The Morgan fingerprint density at radius 1 is 0.478 bits per heavy atom. The van der Waals surface area contributed by atoms with Crippen LogP contribution in [0.2, 0.25) is 0 Å². The van der Waals surface area contributed by atoms with Crippen LogP contribution in [0.4, 0.5) is 0 Å². The summed E-state index contributed by atoms with van der Waals surface area (Å²) in [4.78, 5) is 0. The van der Waals surface area contributed by atoms with Crippen LogP contribution in [0.25, 0.3) is 21.5 Å². The van der Waals surface area contributed by atoms with Crippen LogP contribution in [0.3, 0.4) is 0 Å². The van der Waals surface area contributed by atoms with Crippen molar-refractivity contribution in [2.75, 3.05) is 0 Å². The lowest BCUT2D eigenvalue weighted by Crippen LogP contribution is -2.23. The fourth-order valence-corrected chi connectivity index (χ4v) is 4.44. The van der Waals surface area contributed by atoms with Crippen molar-refractivity contribution >= 4 is 21.5 Å². The highest BCUT2D eigenvalue weighted by Gasteiger charge is 2.36. The SMILES string of the molecule is c1cc2c3c(cccc3c1)C1OC2c2cccc3cccc1c23. The molecule has 0 saturated carbocycles. The normalized spacial score (nSPS) is 20.9. The molecule has 0 fully saturated rings. The zero-order chi connectivity index (χ0) is 15.0. The predicted molar refractivity (Wildman–Crippen MR) is 92.7 cm³/mol. The molecule has 1 nitrogen and oxygen atoms in total. The lowest BCUT2D eigenvalue weighted by atomic mass is 9.79. The summed E-state index contributed by atoms with van der Waals surface area (Å²) in [6.45, 7) is 0. The van der Waals surface area contributed by atoms with Gasteiger partial charge < -0.3 is 4.74 Å². The van der Waals surface area contributed by atoms with E-state index in [1.54, 1.807) is 0 Å². The maximum atomic E-state index is 6.56. The Morgan fingerprint density at radius 3 is 1.17 bits per heavy atom. The molecule has 0 radical (unpaired) electrons. The van der Waals surface area contributed by atoms with E-state index in [0.29, 0.717) is 0 Å². The molecule has 4 aromatic carbocycles. The molecule has 0 unspecified atom stereocenters. The molecule has 2 heterocycles. The highest BCUT2D eigenvalue weighted by Crippen LogP contribution is 2.52. The molecule has 6 rings (SSSR count). The molecule has 2 aliphatic rings. The summed E-state index contributed by atoms with van der Waals surface area (Å²) in [6, 6.07) is 26.3. The highest BCUT2D eigenvalue weighted by atomic mass is 16.5. The van der Waals surface area contributed by atoms with Crippen LogP contribution in [0.15, 0.2) is 72.8 Å². The Balaban J connectivity index is 1.84. The Morgan fingerprint density at radius 2 is 0.826 bits per heavy atom. The van der Waals surface area contributed by atoms with E-state index in [1.165, 1.54) is 43.8 Å². The first-order valence-corrected chi connectivity index (χ1v) is 8.10. The van der Waals surface area contributed by atoms with E-state index in [9.17, 15) is 0 Å². The summed E-state index contributed by atoms with van der Waals surface area (Å²) in [7, 11) is 0. The van der Waals surface area contributed by atoms with Gasteiger partial charge in [0.2, 0.25) is 0 Å². The second kappa shape index (κ2) is 4.01. The van der Waals surface area contributed by atoms with Crippen molar-refractivity contribution in [3.63, 3.8) is 0 Å². The van der Waals surface area contributed by atoms with Crippen LogP contribution >= 0.6 is 0 Å². The number of hydrogen-bond acceptors (Lipinski definition) is 1. The molecule has 0 saturated heterocycles. The third-order valence-corrected chi connectivity index (χ3v) is 5.34. The minimum absolute atomic E-state index is 0.0391. The number of fused-ring (bicyclic) bond motifs is 6. The van der Waals surface area contributed by atoms with Gasteiger partial charge in [-0.1, -0.05) is 72.8 Å². The third-order valence-electron chi connectivity index (χ3n) is 5.34. The fraction of sp³-hybridized carbons (Fsp3) is 0.0909. The molecule has 4 aromatic rings. The molecular formula is C22H14O. The van der Waals surface area contributed by atoms with Gasteiger partial charge in [0.25, 0.3) is 0 Å². The third kappa shape index (κ3) is 1.37. The maximum Gasteiger partial charge on any atom is 0.110 e. The van der Waals surface area contributed by atoms with E-state index >= 15 is 0 Å². The Bertz CT molecular complexity index is 943. The van der Waals surface area contributed by atoms with Crippen molar-refractivity contribution in [3.8, 4) is 0 Å². The van der Waals surface area contributed by atoms with Crippen LogP contribution in [0, 0.1) is 0 Å². The molecule has 1 heteroatoms. The van der Waals surface area contributed by atoms with E-state index in [2.05, 4.69) is 72.8 Å². The summed E-state index contributed by atoms with van der Waals surface area (Å²) in [6.07, 6.45) is 0.0781. The van der Waals surface area contributed by atoms with E-state index in [-0.39, 0.29) is 12.2 Å². The lowest BCUT2D eigenvalue weighted by molar-refractivity contribution is 0.0230. The second-order valence-electron chi connectivity index (χ2n) is 6.48. The quantitative estimate of drug-likeness (QED) is 0.415. The standard InChI is InChI=1S/C22H14O/c1-5-13-6-2-10-16-19(13)15(9-1)21-17-11-3-7-14-8-4-12-18(20(14)17)22(16)23-21/h1-12,21-22H. The molecule has 2 bridgehead atoms. The van der Waals surface area contributed by atoms with Crippen molar-refractivity contribution < 1.29 is 4.74 Å². The number of hydrogen-bond donors (Lipinski definition) is 0. The Kier molecular flexibility index (Phi) is 2.07. The molecule has 0 amide bonds. The van der Waals surface area contributed by atoms with Crippen LogP contribution in [-0.4, -0.2) is 0 Å². The van der Waals surface area contributed by atoms with Crippen LogP contribution in [0.1, 0.15) is 34.5 Å². The van der Waals surface area contributed by atoms with Gasteiger partial charge in [0.1, 0.15) is 12.2 Å². The van der Waals surface area contributed by atoms with Gasteiger partial charge in [-0.3, -0.25) is 0 Å². The minimum atomic E-state index is 0.0391. The summed E-state index contributed by atoms with van der Waals surface area (Å²) < 4.78 is 6.56. The van der Waals surface area contributed by atoms with Gasteiger partial charge >= 0.3 is 0 Å². The van der Waals surface area contributed by atoms with Crippen molar-refractivity contribution in [2.24, 2.45) is 0 Å². The molecule has 108 valence electrons. The molecule has 0 aromatic heterocycles. The summed E-state index contributed by atoms with van der Waals surface area (Å²) >= 11 is 0. The molecule has 0 aliphatic carbocycles. The van der Waals surface area contributed by atoms with Crippen molar-refractivity contribution in [1.29, 1.82) is 0 Å². The van der Waals surface area contributed by atoms with Crippen LogP contribution in [-0.2, 0) is 4.74 Å². The number of rotatable bonds is 0. The van der Waals surface area contributed by atoms with E-state index < -0.39 is 0 Å². The minimum Gasteiger partial charge on any atom is -0.356 e. The van der Waals surface area contributed by atoms with Crippen molar-refractivity contribution in [1.82, 2.24) is 0 Å². The van der Waals surface area contributed by atoms with Crippen molar-refractivity contribution in [3.05, 3.63) is 95.1 Å². The molecule has 0 atom stereocenters. The van der Waals surface area contributed by atoms with E-state index in [0.717, 1.165) is 0 Å². The first-order chi connectivity index (χ1) is 11.4. The van der Waals surface area contributed by atoms with Gasteiger partial charge in [-0.15, -0.1) is 0 Å². The predicted octanol–water partition coefficient (Wildman–Crippen LogP) is 5.52. The molecule has 23 heavy (non-hydrogen) atoms. The molecular weight excluding hydrogens is 280 g/mol. The van der Waals surface area contributed by atoms with Crippen LogP contribution in [0.5, 0.6) is 0 Å². The average molecular weight is 294 g/mol. The number of benzene rings is 4. The summed E-state index contributed by atoms with van der Waals surface area (Å²) in [5.74, 6) is 0. The monoisotopic (exact) mass is 294 g/mol. The zero-order valence-electron chi connectivity index (χ0n) is 12.5. The summed E-state index contributed by atoms with van der Waals surface area (Å²) in [5, 5.41) is 5.38. The zero-order valence-corrected chi connectivity index (χ0v) is 12.5. The Hall–Kier alpha value is -2.64. The molecule has 0 spiro atoms. The van der Waals surface area contributed by atoms with Gasteiger partial charge in [-0.25, -0.2) is 0 Å². The first kappa shape index (κ1) is 11.9. The van der Waals surface area contributed by atoms with Crippen molar-refractivity contribution in [2.45, 2.75) is 12.2 Å². The fourth-order valence-electron chi connectivity index (χ4n) is 4.44. The second-order valence-corrected chi connectivity index (χ2v) is 6.48. The molecule has 2 aliphatic heterocycles. The van der Waals surface area contributed by atoms with Crippen LogP contribution < -0.4 is 0 Å². The van der Waals surface area contributed by atoms with Gasteiger partial charge in [-0.2, -0.15) is 0 Å². The first-order valence-electron chi connectivity index (χ1n) is 8.10. The largest absolute Gasteiger partial charge is 0.356 e. The Labute approximate surface area is 134 Å². The maximum absolute atomic E-state index is 6.56. The smallest absolute Gasteiger partial charge is 0.110 e. The molecule has 0 N–H and O–H groups in total.